The summed E-state index contributed by atoms with van der Waals surface area (Å²) >= 11 is 0. The Morgan fingerprint density at radius 2 is 2.00 bits per heavy atom. The van der Waals surface area contributed by atoms with E-state index in [1.165, 1.54) is 32.6 Å². The lowest BCUT2D eigenvalue weighted by Crippen LogP contribution is -2.55. The molecule has 0 aromatic rings. The van der Waals surface area contributed by atoms with Crippen LogP contribution in [0.25, 0.3) is 0 Å². The number of hydrogen-bond donors (Lipinski definition) is 1. The highest BCUT2D eigenvalue weighted by Crippen LogP contribution is 2.30. The average molecular weight is 323 g/mol. The number of ether oxygens (including phenoxy) is 1. The Balaban J connectivity index is 1.61. The standard InChI is InChI=1S/C16H25N3O4/c1-11(20)17-6-15(21)18-8-13-14(9-18)23-10-16(22)19(13)7-12-4-2-3-5-12/h12-14H,2-10H2,1H3,(H,17,20)/t13-,14-/m1/s1. The Labute approximate surface area is 136 Å². The number of carbonyl (C=O) groups is 3. The Kier molecular flexibility index (Phi) is 4.84. The van der Waals surface area contributed by atoms with Crippen molar-refractivity contribution in [2.75, 3.05) is 32.8 Å². The van der Waals surface area contributed by atoms with Gasteiger partial charge in [0.2, 0.25) is 17.7 Å². The van der Waals surface area contributed by atoms with E-state index in [4.69, 9.17) is 4.74 Å². The zero-order valence-electron chi connectivity index (χ0n) is 13.6. The molecule has 2 saturated heterocycles. The minimum atomic E-state index is -0.218. The van der Waals surface area contributed by atoms with Crippen LogP contribution in [0.15, 0.2) is 0 Å². The van der Waals surface area contributed by atoms with Crippen molar-refractivity contribution >= 4 is 17.7 Å². The Hall–Kier alpha value is -1.63. The van der Waals surface area contributed by atoms with E-state index >= 15 is 0 Å². The summed E-state index contributed by atoms with van der Waals surface area (Å²) in [6.45, 7) is 3.30. The zero-order chi connectivity index (χ0) is 16.4. The number of morpholine rings is 1. The van der Waals surface area contributed by atoms with Crippen molar-refractivity contribution in [3.8, 4) is 0 Å². The summed E-state index contributed by atoms with van der Waals surface area (Å²) in [6, 6.07) is -0.0434. The highest BCUT2D eigenvalue weighted by atomic mass is 16.5. The van der Waals surface area contributed by atoms with Crippen molar-refractivity contribution in [3.05, 3.63) is 0 Å². The van der Waals surface area contributed by atoms with Gasteiger partial charge >= 0.3 is 0 Å². The zero-order valence-corrected chi connectivity index (χ0v) is 13.6. The van der Waals surface area contributed by atoms with E-state index in [0.29, 0.717) is 19.0 Å². The predicted octanol–water partition coefficient (Wildman–Crippen LogP) is -0.249. The van der Waals surface area contributed by atoms with E-state index in [1.807, 2.05) is 4.90 Å². The van der Waals surface area contributed by atoms with Crippen LogP contribution in [0.4, 0.5) is 0 Å². The van der Waals surface area contributed by atoms with Gasteiger partial charge in [-0.3, -0.25) is 14.4 Å². The lowest BCUT2D eigenvalue weighted by molar-refractivity contribution is -0.153. The first-order chi connectivity index (χ1) is 11.0. The molecular weight excluding hydrogens is 298 g/mol. The van der Waals surface area contributed by atoms with Crippen LogP contribution in [0, 0.1) is 5.92 Å². The van der Waals surface area contributed by atoms with Gasteiger partial charge in [-0.05, 0) is 18.8 Å². The molecule has 128 valence electrons. The molecule has 2 atom stereocenters. The smallest absolute Gasteiger partial charge is 0.248 e. The molecule has 7 nitrogen and oxygen atoms in total. The van der Waals surface area contributed by atoms with Gasteiger partial charge in [-0.1, -0.05) is 12.8 Å². The first-order valence-electron chi connectivity index (χ1n) is 8.48. The number of fused-ring (bicyclic) bond motifs is 1. The van der Waals surface area contributed by atoms with Crippen LogP contribution in [0.5, 0.6) is 0 Å². The lowest BCUT2D eigenvalue weighted by Gasteiger charge is -2.38. The fourth-order valence-corrected chi connectivity index (χ4v) is 3.89. The van der Waals surface area contributed by atoms with Crippen LogP contribution in [0.2, 0.25) is 0 Å². The average Bonchev–Trinajstić information content (AvgIpc) is 3.16. The molecule has 1 N–H and O–H groups in total. The second-order valence-corrected chi connectivity index (χ2v) is 6.82. The predicted molar refractivity (Wildman–Crippen MR) is 82.5 cm³/mol. The summed E-state index contributed by atoms with van der Waals surface area (Å²) in [7, 11) is 0. The molecule has 1 aliphatic carbocycles. The van der Waals surface area contributed by atoms with Crippen molar-refractivity contribution in [1.29, 1.82) is 0 Å². The van der Waals surface area contributed by atoms with Crippen LogP contribution in [-0.4, -0.2) is 72.5 Å². The monoisotopic (exact) mass is 323 g/mol. The van der Waals surface area contributed by atoms with Crippen molar-refractivity contribution in [3.63, 3.8) is 0 Å². The number of carbonyl (C=O) groups excluding carboxylic acids is 3. The van der Waals surface area contributed by atoms with Gasteiger partial charge in [-0.15, -0.1) is 0 Å². The number of rotatable bonds is 4. The van der Waals surface area contributed by atoms with E-state index in [-0.39, 0.29) is 43.0 Å². The van der Waals surface area contributed by atoms with Gasteiger partial charge in [0.15, 0.2) is 0 Å². The van der Waals surface area contributed by atoms with Gasteiger partial charge < -0.3 is 19.9 Å². The molecule has 7 heteroatoms. The van der Waals surface area contributed by atoms with Crippen molar-refractivity contribution in [1.82, 2.24) is 15.1 Å². The summed E-state index contributed by atoms with van der Waals surface area (Å²) in [5.41, 5.74) is 0. The van der Waals surface area contributed by atoms with Crippen LogP contribution < -0.4 is 5.32 Å². The molecule has 3 aliphatic rings. The molecule has 0 spiro atoms. The summed E-state index contributed by atoms with van der Waals surface area (Å²) in [4.78, 5) is 39.0. The topological polar surface area (TPSA) is 79.0 Å². The molecule has 2 aliphatic heterocycles. The van der Waals surface area contributed by atoms with Crippen molar-refractivity contribution in [2.24, 2.45) is 5.92 Å². The largest absolute Gasteiger partial charge is 0.364 e. The summed E-state index contributed by atoms with van der Waals surface area (Å²) in [5.74, 6) is 0.284. The third-order valence-corrected chi connectivity index (χ3v) is 5.15. The SMILES string of the molecule is CC(=O)NCC(=O)N1C[C@@H]2[C@@H](C1)OCC(=O)N2CC1CCCC1. The molecule has 23 heavy (non-hydrogen) atoms. The van der Waals surface area contributed by atoms with E-state index in [1.54, 1.807) is 4.90 Å². The van der Waals surface area contributed by atoms with Gasteiger partial charge in [0, 0.05) is 26.6 Å². The maximum absolute atomic E-state index is 12.3. The summed E-state index contributed by atoms with van der Waals surface area (Å²) < 4.78 is 5.64. The fraction of sp³-hybridized carbons (Fsp3) is 0.812. The van der Waals surface area contributed by atoms with Crippen LogP contribution in [0.1, 0.15) is 32.6 Å². The Morgan fingerprint density at radius 1 is 1.26 bits per heavy atom. The van der Waals surface area contributed by atoms with E-state index < -0.39 is 0 Å². The number of nitrogens with one attached hydrogen (secondary N) is 1. The molecule has 2 heterocycles. The minimum absolute atomic E-state index is 0.00530. The molecule has 0 radical (unpaired) electrons. The number of nitrogens with zero attached hydrogens (tertiary/aromatic N) is 2. The lowest BCUT2D eigenvalue weighted by atomic mass is 10.0. The first kappa shape index (κ1) is 16.2. The Bertz CT molecular complexity index is 490. The van der Waals surface area contributed by atoms with Crippen LogP contribution in [-0.2, 0) is 19.1 Å². The highest BCUT2D eigenvalue weighted by molar-refractivity contribution is 5.84. The molecule has 0 aromatic heterocycles. The number of hydrogen-bond acceptors (Lipinski definition) is 4. The second kappa shape index (κ2) is 6.86. The number of likely N-dealkylation sites (tertiary alicyclic amines) is 1. The quantitative estimate of drug-likeness (QED) is 0.774. The van der Waals surface area contributed by atoms with Gasteiger partial charge in [-0.25, -0.2) is 0 Å². The highest BCUT2D eigenvalue weighted by Gasteiger charge is 2.45. The van der Waals surface area contributed by atoms with Gasteiger partial charge in [-0.2, -0.15) is 0 Å². The summed E-state index contributed by atoms with van der Waals surface area (Å²) in [5, 5.41) is 2.53. The van der Waals surface area contributed by atoms with Crippen molar-refractivity contribution < 1.29 is 19.1 Å². The van der Waals surface area contributed by atoms with Crippen LogP contribution >= 0.6 is 0 Å². The van der Waals surface area contributed by atoms with E-state index in [0.717, 1.165) is 6.54 Å². The molecular formula is C16H25N3O4. The maximum Gasteiger partial charge on any atom is 0.248 e. The second-order valence-electron chi connectivity index (χ2n) is 6.82. The first-order valence-corrected chi connectivity index (χ1v) is 8.48. The summed E-state index contributed by atoms with van der Waals surface area (Å²) in [6.07, 6.45) is 4.77. The third kappa shape index (κ3) is 3.65. The van der Waals surface area contributed by atoms with Gasteiger partial charge in [0.25, 0.3) is 0 Å². The van der Waals surface area contributed by atoms with Crippen LogP contribution in [0.3, 0.4) is 0 Å². The van der Waals surface area contributed by atoms with E-state index in [2.05, 4.69) is 5.32 Å². The molecule has 0 aromatic carbocycles. The fourth-order valence-electron chi connectivity index (χ4n) is 3.89. The van der Waals surface area contributed by atoms with E-state index in [9.17, 15) is 14.4 Å². The van der Waals surface area contributed by atoms with Crippen molar-refractivity contribution in [2.45, 2.75) is 44.8 Å². The molecule has 3 rings (SSSR count). The normalized spacial score (nSPS) is 28.1. The Morgan fingerprint density at radius 3 is 2.70 bits per heavy atom. The number of amides is 3. The molecule has 0 unspecified atom stereocenters. The maximum atomic E-state index is 12.3. The van der Waals surface area contributed by atoms with Gasteiger partial charge in [0.05, 0.1) is 18.7 Å². The molecule has 3 amide bonds. The third-order valence-electron chi connectivity index (χ3n) is 5.15. The molecule has 3 fully saturated rings. The molecule has 0 bridgehead atoms. The minimum Gasteiger partial charge on any atom is -0.364 e. The molecule has 1 saturated carbocycles. The van der Waals surface area contributed by atoms with Gasteiger partial charge in [0.1, 0.15) is 6.61 Å².